The maximum Gasteiger partial charge on any atom is 0.119 e. The Hall–Kier alpha value is -1.24. The lowest BCUT2D eigenvalue weighted by Crippen LogP contribution is -2.20. The van der Waals surface area contributed by atoms with Crippen molar-refractivity contribution in [2.24, 2.45) is 11.8 Å². The Balaban J connectivity index is 1.88. The molecule has 1 heteroatoms. The Labute approximate surface area is 162 Å². The molecular formula is C25H40O. The summed E-state index contributed by atoms with van der Waals surface area (Å²) in [6.07, 6.45) is 16.6. The van der Waals surface area contributed by atoms with E-state index in [-0.39, 0.29) is 0 Å². The van der Waals surface area contributed by atoms with Gasteiger partial charge in [-0.25, -0.2) is 0 Å². The highest BCUT2D eigenvalue weighted by Gasteiger charge is 2.27. The zero-order chi connectivity index (χ0) is 18.6. The van der Waals surface area contributed by atoms with Crippen molar-refractivity contribution in [3.8, 4) is 5.75 Å². The van der Waals surface area contributed by atoms with Gasteiger partial charge in [-0.2, -0.15) is 0 Å². The van der Waals surface area contributed by atoms with Gasteiger partial charge in [-0.05, 0) is 61.1 Å². The van der Waals surface area contributed by atoms with Gasteiger partial charge in [-0.15, -0.1) is 6.58 Å². The van der Waals surface area contributed by atoms with Crippen molar-refractivity contribution < 1.29 is 4.74 Å². The van der Waals surface area contributed by atoms with Gasteiger partial charge in [0.25, 0.3) is 0 Å². The van der Waals surface area contributed by atoms with Crippen LogP contribution in [0.3, 0.4) is 0 Å². The SMILES string of the molecule is C=CCC(c1ccc(OCCCCCC)cc1)[C@H]1CC[C@H](CCC)CC1. The number of unbranched alkanes of at least 4 members (excludes halogenated alkanes) is 3. The number of hydrogen-bond donors (Lipinski definition) is 0. The lowest BCUT2D eigenvalue weighted by Gasteiger charge is -2.34. The van der Waals surface area contributed by atoms with Crippen LogP contribution in [0.25, 0.3) is 0 Å². The molecule has 0 bridgehead atoms. The molecule has 1 fully saturated rings. The minimum atomic E-state index is 0.633. The second kappa shape index (κ2) is 12.2. The summed E-state index contributed by atoms with van der Waals surface area (Å²) in [6, 6.07) is 8.95. The summed E-state index contributed by atoms with van der Waals surface area (Å²) in [5, 5.41) is 0. The van der Waals surface area contributed by atoms with Gasteiger partial charge in [-0.3, -0.25) is 0 Å². The van der Waals surface area contributed by atoms with Crippen LogP contribution in [0.1, 0.15) is 96.0 Å². The number of hydrogen-bond acceptors (Lipinski definition) is 1. The molecule has 0 amide bonds. The fraction of sp³-hybridized carbons (Fsp3) is 0.680. The van der Waals surface area contributed by atoms with E-state index in [1.807, 2.05) is 0 Å². The number of ether oxygens (including phenoxy) is 1. The third kappa shape index (κ3) is 6.82. The monoisotopic (exact) mass is 356 g/mol. The van der Waals surface area contributed by atoms with Crippen molar-refractivity contribution >= 4 is 0 Å². The van der Waals surface area contributed by atoms with Crippen molar-refractivity contribution in [2.45, 2.75) is 90.4 Å². The van der Waals surface area contributed by atoms with Crippen LogP contribution in [0, 0.1) is 11.8 Å². The summed E-state index contributed by atoms with van der Waals surface area (Å²) in [4.78, 5) is 0. The predicted octanol–water partition coefficient (Wildman–Crippen LogP) is 7.91. The largest absolute Gasteiger partial charge is 0.494 e. The summed E-state index contributed by atoms with van der Waals surface area (Å²) in [5.41, 5.74) is 1.47. The van der Waals surface area contributed by atoms with Crippen LogP contribution in [0.5, 0.6) is 5.75 Å². The van der Waals surface area contributed by atoms with Gasteiger partial charge in [0.15, 0.2) is 0 Å². The van der Waals surface area contributed by atoms with Crippen LogP contribution in [0.2, 0.25) is 0 Å². The highest BCUT2D eigenvalue weighted by molar-refractivity contribution is 5.30. The smallest absolute Gasteiger partial charge is 0.119 e. The molecule has 1 aromatic rings. The number of rotatable bonds is 12. The number of benzene rings is 1. The second-order valence-electron chi connectivity index (χ2n) is 8.18. The fourth-order valence-corrected chi connectivity index (χ4v) is 4.60. The minimum Gasteiger partial charge on any atom is -0.494 e. The van der Waals surface area contributed by atoms with E-state index in [1.54, 1.807) is 0 Å². The second-order valence-corrected chi connectivity index (χ2v) is 8.18. The van der Waals surface area contributed by atoms with E-state index in [9.17, 15) is 0 Å². The van der Waals surface area contributed by atoms with Gasteiger partial charge in [0.1, 0.15) is 5.75 Å². The average Bonchev–Trinajstić information content (AvgIpc) is 2.68. The zero-order valence-corrected chi connectivity index (χ0v) is 17.2. The molecule has 1 aliphatic carbocycles. The Morgan fingerprint density at radius 2 is 1.73 bits per heavy atom. The summed E-state index contributed by atoms with van der Waals surface area (Å²) in [6.45, 7) is 9.43. The molecule has 146 valence electrons. The quantitative estimate of drug-likeness (QED) is 0.273. The van der Waals surface area contributed by atoms with Crippen LogP contribution in [-0.2, 0) is 0 Å². The third-order valence-corrected chi connectivity index (χ3v) is 6.15. The molecule has 1 unspecified atom stereocenters. The fourth-order valence-electron chi connectivity index (χ4n) is 4.60. The highest BCUT2D eigenvalue weighted by atomic mass is 16.5. The van der Waals surface area contributed by atoms with Gasteiger partial charge in [0, 0.05) is 0 Å². The minimum absolute atomic E-state index is 0.633. The number of allylic oxidation sites excluding steroid dienone is 1. The topological polar surface area (TPSA) is 9.23 Å². The molecule has 0 radical (unpaired) electrons. The Kier molecular flexibility index (Phi) is 9.89. The van der Waals surface area contributed by atoms with Crippen LogP contribution >= 0.6 is 0 Å². The normalized spacial score (nSPS) is 21.3. The van der Waals surface area contributed by atoms with Crippen LogP contribution in [0.4, 0.5) is 0 Å². The first kappa shape index (κ1) is 21.1. The molecule has 0 saturated heterocycles. The van der Waals surface area contributed by atoms with Crippen molar-refractivity contribution in [3.05, 3.63) is 42.5 Å². The molecule has 0 N–H and O–H groups in total. The molecule has 1 aliphatic rings. The molecule has 1 atom stereocenters. The first-order chi connectivity index (χ1) is 12.8. The van der Waals surface area contributed by atoms with E-state index >= 15 is 0 Å². The molecule has 2 rings (SSSR count). The van der Waals surface area contributed by atoms with E-state index < -0.39 is 0 Å². The standard InChI is InChI=1S/C25H40O/c1-4-7-8-9-20-26-24-18-16-23(17-19-24)25(11-6-3)22-14-12-21(10-5-2)13-15-22/h6,16-19,21-22,25H,3-5,7-15,20H2,1-2H3/t21-,22-,25?. The van der Waals surface area contributed by atoms with Crippen molar-refractivity contribution in [2.75, 3.05) is 6.61 Å². The molecule has 1 saturated carbocycles. The van der Waals surface area contributed by atoms with Gasteiger partial charge >= 0.3 is 0 Å². The zero-order valence-electron chi connectivity index (χ0n) is 17.2. The maximum atomic E-state index is 5.91. The molecule has 26 heavy (non-hydrogen) atoms. The summed E-state index contributed by atoms with van der Waals surface area (Å²) in [5.74, 6) is 3.45. The summed E-state index contributed by atoms with van der Waals surface area (Å²) >= 11 is 0. The first-order valence-corrected chi connectivity index (χ1v) is 11.1. The molecule has 0 heterocycles. The van der Waals surface area contributed by atoms with Gasteiger partial charge in [0.2, 0.25) is 0 Å². The van der Waals surface area contributed by atoms with Crippen LogP contribution in [0.15, 0.2) is 36.9 Å². The van der Waals surface area contributed by atoms with E-state index in [0.717, 1.165) is 37.0 Å². The van der Waals surface area contributed by atoms with Gasteiger partial charge < -0.3 is 4.74 Å². The van der Waals surface area contributed by atoms with Gasteiger partial charge in [0.05, 0.1) is 6.61 Å². The Bertz CT molecular complexity index is 481. The first-order valence-electron chi connectivity index (χ1n) is 11.1. The van der Waals surface area contributed by atoms with E-state index in [4.69, 9.17) is 4.74 Å². The maximum absolute atomic E-state index is 5.91. The Morgan fingerprint density at radius 3 is 2.35 bits per heavy atom. The average molecular weight is 357 g/mol. The molecular weight excluding hydrogens is 316 g/mol. The van der Waals surface area contributed by atoms with Crippen molar-refractivity contribution in [3.63, 3.8) is 0 Å². The van der Waals surface area contributed by atoms with Crippen LogP contribution in [-0.4, -0.2) is 6.61 Å². The van der Waals surface area contributed by atoms with E-state index in [2.05, 4.69) is 50.8 Å². The van der Waals surface area contributed by atoms with E-state index in [1.165, 1.54) is 63.4 Å². The molecule has 0 aromatic heterocycles. The van der Waals surface area contributed by atoms with Crippen LogP contribution < -0.4 is 4.74 Å². The molecule has 0 spiro atoms. The molecule has 0 aliphatic heterocycles. The lowest BCUT2D eigenvalue weighted by atomic mass is 9.71. The Morgan fingerprint density at radius 1 is 1.00 bits per heavy atom. The lowest BCUT2D eigenvalue weighted by molar-refractivity contribution is 0.232. The van der Waals surface area contributed by atoms with Crippen molar-refractivity contribution in [1.29, 1.82) is 0 Å². The van der Waals surface area contributed by atoms with E-state index in [0.29, 0.717) is 5.92 Å². The highest BCUT2D eigenvalue weighted by Crippen LogP contribution is 2.41. The molecule has 1 aromatic carbocycles. The van der Waals surface area contributed by atoms with Gasteiger partial charge in [-0.1, -0.05) is 77.0 Å². The molecule has 1 nitrogen and oxygen atoms in total. The van der Waals surface area contributed by atoms with Crippen molar-refractivity contribution in [1.82, 2.24) is 0 Å². The predicted molar refractivity (Wildman–Crippen MR) is 114 cm³/mol. The summed E-state index contributed by atoms with van der Waals surface area (Å²) in [7, 11) is 0. The summed E-state index contributed by atoms with van der Waals surface area (Å²) < 4.78 is 5.91. The third-order valence-electron chi connectivity index (χ3n) is 6.15.